The van der Waals surface area contributed by atoms with Gasteiger partial charge in [-0.1, -0.05) is 6.07 Å². The first kappa shape index (κ1) is 16.5. The van der Waals surface area contributed by atoms with Gasteiger partial charge in [0.1, 0.15) is 5.65 Å². The lowest BCUT2D eigenvalue weighted by atomic mass is 10.1. The summed E-state index contributed by atoms with van der Waals surface area (Å²) in [5.74, 6) is 0.0450. The van der Waals surface area contributed by atoms with Gasteiger partial charge in [0, 0.05) is 32.4 Å². The van der Waals surface area contributed by atoms with E-state index in [-0.39, 0.29) is 11.9 Å². The molecule has 2 aromatic heterocycles. The molecule has 0 aromatic carbocycles. The Kier molecular flexibility index (Phi) is 4.45. The predicted octanol–water partition coefficient (Wildman–Crippen LogP) is 0.0891. The molecule has 7 nitrogen and oxygen atoms in total. The highest BCUT2D eigenvalue weighted by atomic mass is 16.5. The third-order valence-electron chi connectivity index (χ3n) is 5.27. The quantitative estimate of drug-likeness (QED) is 0.855. The van der Waals surface area contributed by atoms with Crippen molar-refractivity contribution in [1.29, 1.82) is 0 Å². The van der Waals surface area contributed by atoms with E-state index in [0.29, 0.717) is 32.7 Å². The van der Waals surface area contributed by atoms with Gasteiger partial charge in [-0.3, -0.25) is 9.69 Å². The molecule has 0 radical (unpaired) electrons. The molecule has 4 heterocycles. The summed E-state index contributed by atoms with van der Waals surface area (Å²) in [7, 11) is 0. The molecule has 2 saturated heterocycles. The van der Waals surface area contributed by atoms with E-state index in [9.17, 15) is 9.90 Å². The number of hydrogen-bond donors (Lipinski definition) is 1. The molecule has 0 saturated carbocycles. The van der Waals surface area contributed by atoms with Crippen molar-refractivity contribution in [2.24, 2.45) is 0 Å². The third kappa shape index (κ3) is 3.15. The second kappa shape index (κ2) is 6.74. The summed E-state index contributed by atoms with van der Waals surface area (Å²) in [5, 5.41) is 10.4. The van der Waals surface area contributed by atoms with E-state index in [0.717, 1.165) is 30.1 Å². The summed E-state index contributed by atoms with van der Waals surface area (Å²) in [5.41, 5.74) is 2.66. The maximum absolute atomic E-state index is 12.8. The van der Waals surface area contributed by atoms with Crippen molar-refractivity contribution in [2.45, 2.75) is 25.5 Å². The Hall–Kier alpha value is -1.96. The largest absolute Gasteiger partial charge is 0.390 e. The minimum Gasteiger partial charge on any atom is -0.390 e. The van der Waals surface area contributed by atoms with Gasteiger partial charge in [-0.25, -0.2) is 4.98 Å². The number of β-amino-alcohol motifs (C(OH)–C–C–N with tert-alkyl or cyclic N) is 1. The summed E-state index contributed by atoms with van der Waals surface area (Å²) >= 11 is 0. The van der Waals surface area contributed by atoms with Crippen LogP contribution in [0.1, 0.15) is 11.4 Å². The highest BCUT2D eigenvalue weighted by Crippen LogP contribution is 2.20. The number of fused-ring (bicyclic) bond motifs is 1. The molecule has 7 heteroatoms. The number of nitrogens with zero attached hydrogens (tertiary/aromatic N) is 4. The van der Waals surface area contributed by atoms with Crippen LogP contribution in [0.15, 0.2) is 24.4 Å². The number of likely N-dealkylation sites (tertiary alicyclic amines) is 1. The second-order valence-electron chi connectivity index (χ2n) is 6.83. The van der Waals surface area contributed by atoms with Crippen LogP contribution in [0.5, 0.6) is 0 Å². The molecule has 2 aromatic rings. The van der Waals surface area contributed by atoms with Crippen LogP contribution in [0, 0.1) is 6.92 Å². The van der Waals surface area contributed by atoms with Gasteiger partial charge in [0.25, 0.3) is 0 Å². The van der Waals surface area contributed by atoms with Gasteiger partial charge < -0.3 is 19.1 Å². The number of rotatable bonds is 3. The lowest BCUT2D eigenvalue weighted by molar-refractivity contribution is -0.130. The monoisotopic (exact) mass is 344 g/mol. The summed E-state index contributed by atoms with van der Waals surface area (Å²) in [6.45, 7) is 5.93. The fourth-order valence-corrected chi connectivity index (χ4v) is 3.87. The zero-order valence-corrected chi connectivity index (χ0v) is 14.5. The molecule has 0 spiro atoms. The number of aryl methyl sites for hydroxylation is 1. The number of morpholine rings is 1. The van der Waals surface area contributed by atoms with E-state index in [1.54, 1.807) is 4.90 Å². The van der Waals surface area contributed by atoms with Crippen LogP contribution in [0.3, 0.4) is 0 Å². The standard InChI is InChI=1S/C18H24N4O3/c1-13-14(22-5-3-2-4-17(22)19-13)10-18(24)21-11-15(16(23)12-21)20-6-8-25-9-7-20/h2-5,15-16,23H,6-12H2,1H3/t15-,16-/m1/s1. The zero-order valence-electron chi connectivity index (χ0n) is 14.5. The Morgan fingerprint density at radius 2 is 2.12 bits per heavy atom. The van der Waals surface area contributed by atoms with Crippen molar-refractivity contribution in [1.82, 2.24) is 19.2 Å². The van der Waals surface area contributed by atoms with E-state index >= 15 is 0 Å². The van der Waals surface area contributed by atoms with Gasteiger partial charge in [-0.05, 0) is 19.1 Å². The zero-order chi connectivity index (χ0) is 17.4. The molecule has 25 heavy (non-hydrogen) atoms. The van der Waals surface area contributed by atoms with Gasteiger partial charge >= 0.3 is 0 Å². The number of carbonyl (C=O) groups excluding carboxylic acids is 1. The molecular weight excluding hydrogens is 320 g/mol. The molecule has 2 aliphatic rings. The molecule has 2 aliphatic heterocycles. The number of pyridine rings is 1. The van der Waals surface area contributed by atoms with Crippen LogP contribution in [0.25, 0.3) is 5.65 Å². The van der Waals surface area contributed by atoms with Crippen LogP contribution in [-0.2, 0) is 16.0 Å². The molecule has 2 atom stereocenters. The Balaban J connectivity index is 1.47. The lowest BCUT2D eigenvalue weighted by Gasteiger charge is -2.33. The van der Waals surface area contributed by atoms with Crippen molar-refractivity contribution in [3.05, 3.63) is 35.8 Å². The predicted molar refractivity (Wildman–Crippen MR) is 92.4 cm³/mol. The van der Waals surface area contributed by atoms with E-state index in [1.807, 2.05) is 35.7 Å². The molecule has 0 aliphatic carbocycles. The van der Waals surface area contributed by atoms with E-state index in [2.05, 4.69) is 9.88 Å². The highest BCUT2D eigenvalue weighted by Gasteiger charge is 2.38. The number of ether oxygens (including phenoxy) is 1. The summed E-state index contributed by atoms with van der Waals surface area (Å²) in [4.78, 5) is 21.4. The van der Waals surface area contributed by atoms with Crippen LogP contribution in [0.2, 0.25) is 0 Å². The number of imidazole rings is 1. The smallest absolute Gasteiger partial charge is 0.228 e. The third-order valence-corrected chi connectivity index (χ3v) is 5.27. The van der Waals surface area contributed by atoms with Crippen LogP contribution in [0.4, 0.5) is 0 Å². The number of carbonyl (C=O) groups is 1. The van der Waals surface area contributed by atoms with Gasteiger partial charge in [0.15, 0.2) is 0 Å². The molecule has 2 fully saturated rings. The summed E-state index contributed by atoms with van der Waals surface area (Å²) in [6, 6.07) is 5.83. The Morgan fingerprint density at radius 3 is 2.92 bits per heavy atom. The topological polar surface area (TPSA) is 70.3 Å². The first-order chi connectivity index (χ1) is 12.1. The van der Waals surface area contributed by atoms with Crippen molar-refractivity contribution < 1.29 is 14.6 Å². The fraction of sp³-hybridized carbons (Fsp3) is 0.556. The van der Waals surface area contributed by atoms with E-state index < -0.39 is 6.10 Å². The van der Waals surface area contributed by atoms with Crippen LogP contribution in [-0.4, -0.2) is 81.7 Å². The average molecular weight is 344 g/mol. The Bertz CT molecular complexity index is 769. The van der Waals surface area contributed by atoms with E-state index in [1.165, 1.54) is 0 Å². The molecular formula is C18H24N4O3. The maximum Gasteiger partial charge on any atom is 0.228 e. The van der Waals surface area contributed by atoms with Crippen molar-refractivity contribution in [2.75, 3.05) is 39.4 Å². The summed E-state index contributed by atoms with van der Waals surface area (Å²) < 4.78 is 7.35. The summed E-state index contributed by atoms with van der Waals surface area (Å²) in [6.07, 6.45) is 1.75. The van der Waals surface area contributed by atoms with Crippen molar-refractivity contribution in [3.63, 3.8) is 0 Å². The van der Waals surface area contributed by atoms with E-state index in [4.69, 9.17) is 4.74 Å². The molecule has 134 valence electrons. The van der Waals surface area contributed by atoms with Gasteiger partial charge in [-0.15, -0.1) is 0 Å². The first-order valence-electron chi connectivity index (χ1n) is 8.83. The number of amides is 1. The lowest BCUT2D eigenvalue weighted by Crippen LogP contribution is -2.49. The normalized spacial score (nSPS) is 25.0. The van der Waals surface area contributed by atoms with Crippen molar-refractivity contribution >= 4 is 11.6 Å². The Labute approximate surface area is 146 Å². The molecule has 1 amide bonds. The first-order valence-corrected chi connectivity index (χ1v) is 8.83. The SMILES string of the molecule is Cc1nc2ccccn2c1CC(=O)N1C[C@@H](O)[C@H](N2CCOCC2)C1. The van der Waals surface area contributed by atoms with Gasteiger partial charge in [0.2, 0.25) is 5.91 Å². The molecule has 1 N–H and O–H groups in total. The minimum atomic E-state index is -0.495. The van der Waals surface area contributed by atoms with Crippen LogP contribution >= 0.6 is 0 Å². The Morgan fingerprint density at radius 1 is 1.32 bits per heavy atom. The minimum absolute atomic E-state index is 0.0103. The van der Waals surface area contributed by atoms with Gasteiger partial charge in [0.05, 0.1) is 43.2 Å². The second-order valence-corrected chi connectivity index (χ2v) is 6.83. The maximum atomic E-state index is 12.8. The molecule has 4 rings (SSSR count). The highest BCUT2D eigenvalue weighted by molar-refractivity contribution is 5.79. The number of hydrogen-bond acceptors (Lipinski definition) is 5. The number of aliphatic hydroxyl groups is 1. The fourth-order valence-electron chi connectivity index (χ4n) is 3.87. The number of aliphatic hydroxyl groups excluding tert-OH is 1. The van der Waals surface area contributed by atoms with Gasteiger partial charge in [-0.2, -0.15) is 0 Å². The number of aromatic nitrogens is 2. The average Bonchev–Trinajstić information content (AvgIpc) is 3.16. The van der Waals surface area contributed by atoms with Crippen molar-refractivity contribution in [3.8, 4) is 0 Å². The van der Waals surface area contributed by atoms with Crippen LogP contribution < -0.4 is 0 Å². The molecule has 0 unspecified atom stereocenters. The molecule has 0 bridgehead atoms.